The van der Waals surface area contributed by atoms with Crippen molar-refractivity contribution >= 4 is 11.9 Å². The van der Waals surface area contributed by atoms with E-state index in [0.29, 0.717) is 23.7 Å². The molecule has 1 amide bonds. The van der Waals surface area contributed by atoms with Crippen LogP contribution in [-0.2, 0) is 29.0 Å². The third-order valence-electron chi connectivity index (χ3n) is 4.65. The van der Waals surface area contributed by atoms with Crippen molar-refractivity contribution in [2.75, 3.05) is 0 Å². The van der Waals surface area contributed by atoms with Gasteiger partial charge >= 0.3 is 5.97 Å². The number of furan rings is 1. The zero-order valence-corrected chi connectivity index (χ0v) is 14.4. The monoisotopic (exact) mass is 367 g/mol. The van der Waals surface area contributed by atoms with Crippen LogP contribution in [0.3, 0.4) is 0 Å². The molecule has 0 radical (unpaired) electrons. The predicted molar refractivity (Wildman–Crippen MR) is 92.4 cm³/mol. The summed E-state index contributed by atoms with van der Waals surface area (Å²) in [5.41, 5.74) is 2.63. The molecule has 1 atom stereocenters. The Morgan fingerprint density at radius 2 is 2.04 bits per heavy atom. The summed E-state index contributed by atoms with van der Waals surface area (Å²) in [5.74, 6) is -0.539. The first-order valence-electron chi connectivity index (χ1n) is 8.56. The minimum Gasteiger partial charge on any atom is -0.480 e. The van der Waals surface area contributed by atoms with Crippen LogP contribution in [0.15, 0.2) is 51.8 Å². The second kappa shape index (κ2) is 7.06. The van der Waals surface area contributed by atoms with Crippen LogP contribution >= 0.6 is 0 Å². The van der Waals surface area contributed by atoms with Crippen molar-refractivity contribution in [1.82, 2.24) is 15.0 Å². The summed E-state index contributed by atoms with van der Waals surface area (Å²) in [6.45, 7) is 0.288. The van der Waals surface area contributed by atoms with Crippen LogP contribution in [0.5, 0.6) is 0 Å². The second-order valence-electron chi connectivity index (χ2n) is 6.37. The predicted octanol–water partition coefficient (Wildman–Crippen LogP) is 2.30. The molecule has 0 aliphatic carbocycles. The summed E-state index contributed by atoms with van der Waals surface area (Å²) in [6, 6.07) is 8.44. The average Bonchev–Trinajstić information content (AvgIpc) is 3.36. The summed E-state index contributed by atoms with van der Waals surface area (Å²) in [7, 11) is 0. The van der Waals surface area contributed by atoms with Crippen molar-refractivity contribution in [2.45, 2.75) is 31.8 Å². The molecule has 1 aromatic carbocycles. The van der Waals surface area contributed by atoms with Gasteiger partial charge in [0.05, 0.1) is 11.8 Å². The van der Waals surface area contributed by atoms with Gasteiger partial charge in [-0.1, -0.05) is 29.4 Å². The van der Waals surface area contributed by atoms with Gasteiger partial charge in [-0.3, -0.25) is 4.79 Å². The molecule has 0 bridgehead atoms. The summed E-state index contributed by atoms with van der Waals surface area (Å²) in [5, 5.41) is 13.4. The molecule has 2 aromatic heterocycles. The number of benzene rings is 1. The van der Waals surface area contributed by atoms with Crippen molar-refractivity contribution in [3.63, 3.8) is 0 Å². The Balaban J connectivity index is 1.45. The molecule has 8 nitrogen and oxygen atoms in total. The van der Waals surface area contributed by atoms with Gasteiger partial charge in [0.2, 0.25) is 17.6 Å². The highest BCUT2D eigenvalue weighted by Crippen LogP contribution is 2.24. The number of carboxylic acids is 1. The Labute approximate surface area is 154 Å². The van der Waals surface area contributed by atoms with E-state index in [1.54, 1.807) is 6.07 Å². The van der Waals surface area contributed by atoms with E-state index in [9.17, 15) is 14.7 Å². The van der Waals surface area contributed by atoms with Gasteiger partial charge in [-0.05, 0) is 17.2 Å². The smallest absolute Gasteiger partial charge is 0.326 e. The fourth-order valence-corrected chi connectivity index (χ4v) is 3.23. The first kappa shape index (κ1) is 17.0. The molecule has 0 saturated heterocycles. The Morgan fingerprint density at radius 1 is 1.22 bits per heavy atom. The Morgan fingerprint density at radius 3 is 2.78 bits per heavy atom. The third kappa shape index (κ3) is 3.46. The maximum Gasteiger partial charge on any atom is 0.326 e. The van der Waals surface area contributed by atoms with Gasteiger partial charge in [0.15, 0.2) is 0 Å². The average molecular weight is 367 g/mol. The molecule has 4 rings (SSSR count). The maximum absolute atomic E-state index is 12.7. The molecule has 1 aliphatic heterocycles. The van der Waals surface area contributed by atoms with E-state index < -0.39 is 12.0 Å². The summed E-state index contributed by atoms with van der Waals surface area (Å²) < 4.78 is 10.1. The van der Waals surface area contributed by atoms with Crippen molar-refractivity contribution in [1.29, 1.82) is 0 Å². The number of amides is 1. The fourth-order valence-electron chi connectivity index (χ4n) is 3.23. The van der Waals surface area contributed by atoms with Crippen molar-refractivity contribution in [3.8, 4) is 11.4 Å². The molecule has 1 N–H and O–H groups in total. The highest BCUT2D eigenvalue weighted by molar-refractivity contribution is 5.84. The van der Waals surface area contributed by atoms with Crippen LogP contribution in [0.1, 0.15) is 23.4 Å². The van der Waals surface area contributed by atoms with Crippen LogP contribution in [0, 0.1) is 0 Å². The zero-order valence-electron chi connectivity index (χ0n) is 14.4. The lowest BCUT2D eigenvalue weighted by Gasteiger charge is -2.34. The third-order valence-corrected chi connectivity index (χ3v) is 4.65. The SMILES string of the molecule is O=C(O)[C@@H]1Cc2ccccc2CN1C(=O)CCc1nc(-c2ccoc2)no1. The highest BCUT2D eigenvalue weighted by atomic mass is 16.5. The maximum atomic E-state index is 12.7. The molecular formula is C19H17N3O5. The van der Waals surface area contributed by atoms with Gasteiger partial charge in [0.25, 0.3) is 0 Å². The molecule has 138 valence electrons. The number of aliphatic carboxylic acids is 1. The Kier molecular flexibility index (Phi) is 4.45. The standard InChI is InChI=1S/C19H17N3O5/c23-17(6-5-16-20-18(21-27-16)14-7-8-26-11-14)22-10-13-4-2-1-3-12(13)9-15(22)19(24)25/h1-4,7-8,11,15H,5-6,9-10H2,(H,24,25)/t15-/m0/s1. The van der Waals surface area contributed by atoms with Gasteiger partial charge in [-0.2, -0.15) is 4.98 Å². The van der Waals surface area contributed by atoms with E-state index >= 15 is 0 Å². The van der Waals surface area contributed by atoms with Gasteiger partial charge in [0, 0.05) is 25.8 Å². The second-order valence-corrected chi connectivity index (χ2v) is 6.37. The molecule has 8 heteroatoms. The molecule has 0 spiro atoms. The number of hydrogen-bond donors (Lipinski definition) is 1. The molecule has 0 unspecified atom stereocenters. The first-order chi connectivity index (χ1) is 13.1. The van der Waals surface area contributed by atoms with Crippen molar-refractivity contribution in [2.24, 2.45) is 0 Å². The number of carboxylic acid groups (broad SMARTS) is 1. The van der Waals surface area contributed by atoms with E-state index in [-0.39, 0.29) is 25.3 Å². The zero-order chi connectivity index (χ0) is 18.8. The van der Waals surface area contributed by atoms with Crippen molar-refractivity contribution in [3.05, 3.63) is 59.9 Å². The van der Waals surface area contributed by atoms with Gasteiger partial charge < -0.3 is 18.9 Å². The lowest BCUT2D eigenvalue weighted by Crippen LogP contribution is -2.48. The summed E-state index contributed by atoms with van der Waals surface area (Å²) in [6.07, 6.45) is 3.66. The molecular weight excluding hydrogens is 350 g/mol. The van der Waals surface area contributed by atoms with Crippen LogP contribution in [0.2, 0.25) is 0 Å². The Hall–Kier alpha value is -3.42. The number of hydrogen-bond acceptors (Lipinski definition) is 6. The first-order valence-corrected chi connectivity index (χ1v) is 8.56. The minimum atomic E-state index is -1.00. The Bertz CT molecular complexity index is 963. The van der Waals surface area contributed by atoms with Crippen LogP contribution in [0.4, 0.5) is 0 Å². The number of carbonyl (C=O) groups is 2. The van der Waals surface area contributed by atoms with E-state index in [0.717, 1.165) is 11.1 Å². The lowest BCUT2D eigenvalue weighted by atomic mass is 9.93. The molecule has 3 heterocycles. The van der Waals surface area contributed by atoms with E-state index in [4.69, 9.17) is 8.94 Å². The normalized spacial score (nSPS) is 16.1. The van der Waals surface area contributed by atoms with E-state index in [1.165, 1.54) is 17.4 Å². The summed E-state index contributed by atoms with van der Waals surface area (Å²) >= 11 is 0. The number of nitrogens with zero attached hydrogens (tertiary/aromatic N) is 3. The van der Waals surface area contributed by atoms with Gasteiger partial charge in [0.1, 0.15) is 12.3 Å². The topological polar surface area (TPSA) is 110 Å². The molecule has 0 saturated carbocycles. The van der Waals surface area contributed by atoms with Crippen molar-refractivity contribution < 1.29 is 23.6 Å². The van der Waals surface area contributed by atoms with Crippen LogP contribution in [0.25, 0.3) is 11.4 Å². The van der Waals surface area contributed by atoms with Crippen LogP contribution in [-0.4, -0.2) is 38.1 Å². The number of carbonyl (C=O) groups excluding carboxylic acids is 1. The lowest BCUT2D eigenvalue weighted by molar-refractivity contribution is -0.151. The van der Waals surface area contributed by atoms with Gasteiger partial charge in [-0.25, -0.2) is 4.79 Å². The number of rotatable bonds is 5. The van der Waals surface area contributed by atoms with E-state index in [1.807, 2.05) is 24.3 Å². The van der Waals surface area contributed by atoms with Gasteiger partial charge in [-0.15, -0.1) is 0 Å². The number of fused-ring (bicyclic) bond motifs is 1. The molecule has 1 aliphatic rings. The molecule has 27 heavy (non-hydrogen) atoms. The molecule has 3 aromatic rings. The summed E-state index contributed by atoms with van der Waals surface area (Å²) in [4.78, 5) is 30.0. The number of aromatic nitrogens is 2. The highest BCUT2D eigenvalue weighted by Gasteiger charge is 2.34. The van der Waals surface area contributed by atoms with E-state index in [2.05, 4.69) is 10.1 Å². The quantitative estimate of drug-likeness (QED) is 0.737. The molecule has 0 fully saturated rings. The number of aryl methyl sites for hydroxylation is 1. The van der Waals surface area contributed by atoms with Crippen LogP contribution < -0.4 is 0 Å². The largest absolute Gasteiger partial charge is 0.480 e. The minimum absolute atomic E-state index is 0.0962. The fraction of sp³-hybridized carbons (Fsp3) is 0.263.